The minimum Gasteiger partial charge on any atom is -0.487 e. The molecule has 0 saturated carbocycles. The van der Waals surface area contributed by atoms with Crippen molar-refractivity contribution in [3.63, 3.8) is 0 Å². The molecule has 266 valence electrons. The smallest absolute Gasteiger partial charge is 0.412 e. The SMILES string of the molecule is COC=O.Cc1cc2c(c(C)c1OC(=O)NCC(C)(C)CC(C)(C)C)CCC(C)(CCCC(C)CCCC(C)CCCC(C)C)O2. The molecular formula is C40H71NO5. The van der Waals surface area contributed by atoms with Crippen LogP contribution in [0.15, 0.2) is 6.07 Å². The number of nitrogens with one attached hydrogen (secondary N) is 1. The van der Waals surface area contributed by atoms with Crippen LogP contribution in [0.4, 0.5) is 4.79 Å². The summed E-state index contributed by atoms with van der Waals surface area (Å²) in [5.74, 6) is 4.12. The summed E-state index contributed by atoms with van der Waals surface area (Å²) in [6.07, 6.45) is 14.4. The predicted octanol–water partition coefficient (Wildman–Crippen LogP) is 11.2. The lowest BCUT2D eigenvalue weighted by Gasteiger charge is -2.37. The highest BCUT2D eigenvalue weighted by molar-refractivity contribution is 5.72. The van der Waals surface area contributed by atoms with Gasteiger partial charge in [0, 0.05) is 12.1 Å². The van der Waals surface area contributed by atoms with E-state index in [1.165, 1.54) is 64.0 Å². The first kappa shape index (κ1) is 41.8. The van der Waals surface area contributed by atoms with Gasteiger partial charge in [-0.25, -0.2) is 4.79 Å². The van der Waals surface area contributed by atoms with Gasteiger partial charge in [-0.05, 0) is 98.7 Å². The van der Waals surface area contributed by atoms with Crippen LogP contribution in [0, 0.1) is 42.4 Å². The van der Waals surface area contributed by atoms with Crippen molar-refractivity contribution >= 4 is 12.6 Å². The number of aryl methyl sites for hydroxylation is 1. The Morgan fingerprint density at radius 1 is 0.978 bits per heavy atom. The van der Waals surface area contributed by atoms with E-state index in [1.807, 2.05) is 6.92 Å². The van der Waals surface area contributed by atoms with E-state index in [2.05, 4.69) is 92.3 Å². The van der Waals surface area contributed by atoms with Gasteiger partial charge in [0.25, 0.3) is 6.47 Å². The Morgan fingerprint density at radius 2 is 1.52 bits per heavy atom. The van der Waals surface area contributed by atoms with Crippen molar-refractivity contribution in [2.75, 3.05) is 13.7 Å². The molecule has 1 aromatic rings. The lowest BCUT2D eigenvalue weighted by Crippen LogP contribution is -2.38. The quantitative estimate of drug-likeness (QED) is 0.171. The molecule has 0 fully saturated rings. The van der Waals surface area contributed by atoms with Crippen LogP contribution in [0.2, 0.25) is 0 Å². The molecule has 1 aromatic carbocycles. The van der Waals surface area contributed by atoms with E-state index in [-0.39, 0.29) is 22.5 Å². The molecule has 0 saturated heterocycles. The third kappa shape index (κ3) is 16.5. The van der Waals surface area contributed by atoms with Crippen LogP contribution in [0.5, 0.6) is 11.5 Å². The third-order valence-electron chi connectivity index (χ3n) is 9.34. The van der Waals surface area contributed by atoms with E-state index in [0.717, 1.165) is 60.3 Å². The van der Waals surface area contributed by atoms with Crippen molar-refractivity contribution in [2.24, 2.45) is 28.6 Å². The number of methoxy groups -OCH3 is 1. The summed E-state index contributed by atoms with van der Waals surface area (Å²) >= 11 is 0. The third-order valence-corrected chi connectivity index (χ3v) is 9.34. The Balaban J connectivity index is 0.00000249. The molecule has 1 N–H and O–H groups in total. The molecule has 6 heteroatoms. The van der Waals surface area contributed by atoms with E-state index < -0.39 is 0 Å². The van der Waals surface area contributed by atoms with Crippen molar-refractivity contribution < 1.29 is 23.8 Å². The number of amides is 1. The summed E-state index contributed by atoms with van der Waals surface area (Å²) in [7, 11) is 1.31. The molecule has 3 unspecified atom stereocenters. The van der Waals surface area contributed by atoms with Crippen LogP contribution < -0.4 is 14.8 Å². The average Bonchev–Trinajstić information content (AvgIpc) is 2.92. The highest BCUT2D eigenvalue weighted by Crippen LogP contribution is 2.42. The summed E-state index contributed by atoms with van der Waals surface area (Å²) in [5.41, 5.74) is 3.24. The molecule has 1 aliphatic heterocycles. The number of rotatable bonds is 17. The van der Waals surface area contributed by atoms with E-state index in [0.29, 0.717) is 18.8 Å². The second-order valence-corrected chi connectivity index (χ2v) is 17.0. The zero-order valence-electron chi connectivity index (χ0n) is 32.1. The molecule has 46 heavy (non-hydrogen) atoms. The van der Waals surface area contributed by atoms with Crippen molar-refractivity contribution in [3.05, 3.63) is 22.8 Å². The number of hydrogen-bond donors (Lipinski definition) is 1. The Labute approximate surface area is 283 Å². The lowest BCUT2D eigenvalue weighted by molar-refractivity contribution is -0.126. The van der Waals surface area contributed by atoms with Gasteiger partial charge in [0.15, 0.2) is 0 Å². The number of carbonyl (C=O) groups is 2. The summed E-state index contributed by atoms with van der Waals surface area (Å²) in [5, 5.41) is 3.01. The Kier molecular flexibility index (Phi) is 17.8. The average molecular weight is 646 g/mol. The standard InChI is InChI=1S/C38H67NO3.C2H4O2/c1-27(2)16-13-17-28(3)18-14-19-29(4)20-15-22-38(12)23-21-32-31(6)34(30(5)24-33(32)42-38)41-35(40)39-26-37(10,11)25-36(7,8)9;1-4-2-3/h24,27-29H,13-23,25-26H2,1-12H3,(H,39,40);2H,1H3. The molecule has 0 bridgehead atoms. The number of benzene rings is 1. The van der Waals surface area contributed by atoms with Gasteiger partial charge in [-0.3, -0.25) is 4.79 Å². The molecule has 0 radical (unpaired) electrons. The molecule has 3 atom stereocenters. The molecule has 1 aliphatic rings. The minimum absolute atomic E-state index is 0.00122. The van der Waals surface area contributed by atoms with Crippen molar-refractivity contribution in [1.29, 1.82) is 0 Å². The first-order valence-corrected chi connectivity index (χ1v) is 18.1. The molecular weight excluding hydrogens is 574 g/mol. The predicted molar refractivity (Wildman–Crippen MR) is 193 cm³/mol. The van der Waals surface area contributed by atoms with Crippen molar-refractivity contribution in [1.82, 2.24) is 5.32 Å². The monoisotopic (exact) mass is 646 g/mol. The largest absolute Gasteiger partial charge is 0.487 e. The van der Waals surface area contributed by atoms with E-state index in [1.54, 1.807) is 0 Å². The highest BCUT2D eigenvalue weighted by Gasteiger charge is 2.33. The molecule has 1 heterocycles. The van der Waals surface area contributed by atoms with Gasteiger partial charge in [-0.15, -0.1) is 0 Å². The van der Waals surface area contributed by atoms with Crippen LogP contribution >= 0.6 is 0 Å². The maximum Gasteiger partial charge on any atom is 0.412 e. The summed E-state index contributed by atoms with van der Waals surface area (Å²) in [6, 6.07) is 2.08. The fourth-order valence-corrected chi connectivity index (χ4v) is 7.15. The normalized spacial score (nSPS) is 17.6. The summed E-state index contributed by atoms with van der Waals surface area (Å²) < 4.78 is 16.4. The topological polar surface area (TPSA) is 73.9 Å². The number of hydrogen-bond acceptors (Lipinski definition) is 5. The maximum atomic E-state index is 12.8. The highest BCUT2D eigenvalue weighted by atomic mass is 16.6. The molecule has 2 rings (SSSR count). The van der Waals surface area contributed by atoms with Crippen LogP contribution in [0.25, 0.3) is 0 Å². The first-order chi connectivity index (χ1) is 21.3. The molecule has 0 spiro atoms. The maximum absolute atomic E-state index is 12.8. The van der Waals surface area contributed by atoms with Crippen molar-refractivity contribution in [3.8, 4) is 11.5 Å². The Morgan fingerprint density at radius 3 is 2.04 bits per heavy atom. The van der Waals surface area contributed by atoms with Gasteiger partial charge in [-0.1, -0.05) is 107 Å². The summed E-state index contributed by atoms with van der Waals surface area (Å²) in [4.78, 5) is 21.7. The number of ether oxygens (including phenoxy) is 3. The molecule has 0 aromatic heterocycles. The van der Waals surface area contributed by atoms with Crippen LogP contribution in [-0.4, -0.2) is 31.8 Å². The molecule has 6 nitrogen and oxygen atoms in total. The van der Waals surface area contributed by atoms with Gasteiger partial charge in [0.05, 0.1) is 7.11 Å². The Hall–Kier alpha value is -2.24. The second-order valence-electron chi connectivity index (χ2n) is 17.0. The lowest BCUT2D eigenvalue weighted by atomic mass is 9.76. The fourth-order valence-electron chi connectivity index (χ4n) is 7.15. The van der Waals surface area contributed by atoms with E-state index in [9.17, 15) is 4.79 Å². The van der Waals surface area contributed by atoms with Crippen LogP contribution in [0.1, 0.15) is 157 Å². The van der Waals surface area contributed by atoms with Gasteiger partial charge < -0.3 is 19.5 Å². The van der Waals surface area contributed by atoms with Crippen LogP contribution in [0.3, 0.4) is 0 Å². The Bertz CT molecular complexity index is 1060. The first-order valence-electron chi connectivity index (χ1n) is 18.1. The van der Waals surface area contributed by atoms with E-state index in [4.69, 9.17) is 14.3 Å². The molecule has 1 amide bonds. The number of carbonyl (C=O) groups excluding carboxylic acids is 2. The molecule has 0 aliphatic carbocycles. The zero-order valence-corrected chi connectivity index (χ0v) is 32.1. The van der Waals surface area contributed by atoms with Gasteiger partial charge >= 0.3 is 6.09 Å². The number of fused-ring (bicyclic) bond motifs is 1. The van der Waals surface area contributed by atoms with E-state index >= 15 is 0 Å². The summed E-state index contributed by atoms with van der Waals surface area (Å²) in [6.45, 7) is 27.9. The van der Waals surface area contributed by atoms with Gasteiger partial charge in [-0.2, -0.15) is 0 Å². The van der Waals surface area contributed by atoms with Crippen molar-refractivity contribution in [2.45, 2.75) is 166 Å². The zero-order chi connectivity index (χ0) is 35.1. The van der Waals surface area contributed by atoms with Gasteiger partial charge in [0.2, 0.25) is 0 Å². The second kappa shape index (κ2) is 19.5. The van der Waals surface area contributed by atoms with Gasteiger partial charge in [0.1, 0.15) is 17.1 Å². The van der Waals surface area contributed by atoms with Crippen LogP contribution in [-0.2, 0) is 16.0 Å². The minimum atomic E-state index is -0.376. The fraction of sp³-hybridized carbons (Fsp3) is 0.800.